The number of hydrogen-bond donors (Lipinski definition) is 0. The van der Waals surface area contributed by atoms with Crippen LogP contribution in [0.1, 0.15) is 47.0 Å². The highest BCUT2D eigenvalue weighted by atomic mass is 28.3. The fourth-order valence-electron chi connectivity index (χ4n) is 3.86. The van der Waals surface area contributed by atoms with E-state index < -0.39 is 31.9 Å². The second-order valence-corrected chi connectivity index (χ2v) is 15.6. The molecule has 2 aliphatic heterocycles. The van der Waals surface area contributed by atoms with Crippen molar-refractivity contribution in [2.75, 3.05) is 13.2 Å². The molecule has 8 heteroatoms. The first-order valence-electron chi connectivity index (χ1n) is 10.3. The Bertz CT molecular complexity index is 611. The summed E-state index contributed by atoms with van der Waals surface area (Å²) >= 11 is 0. The first kappa shape index (κ1) is 22.7. The molecular weight excluding hydrogens is 376 g/mol. The summed E-state index contributed by atoms with van der Waals surface area (Å²) < 4.78 is 11.1. The van der Waals surface area contributed by atoms with Crippen molar-refractivity contribution in [1.82, 2.24) is 9.80 Å². The Morgan fingerprint density at radius 3 is 2.25 bits per heavy atom. The third-order valence-electron chi connectivity index (χ3n) is 5.25. The second kappa shape index (κ2) is 8.43. The number of nitrogens with zero attached hydrogens (tertiary/aromatic N) is 2. The van der Waals surface area contributed by atoms with Crippen molar-refractivity contribution in [3.05, 3.63) is 0 Å². The van der Waals surface area contributed by atoms with E-state index in [4.69, 9.17) is 9.47 Å². The summed E-state index contributed by atoms with van der Waals surface area (Å²) in [6, 6.07) is -0.248. The third kappa shape index (κ3) is 5.49. The highest BCUT2D eigenvalue weighted by Gasteiger charge is 2.53. The number of fused-ring (bicyclic) bond motifs is 2. The maximum atomic E-state index is 12.8. The number of hydrogen-bond acceptors (Lipinski definition) is 5. The lowest BCUT2D eigenvalue weighted by molar-refractivity contribution is -0.127. The van der Waals surface area contributed by atoms with E-state index in [0.29, 0.717) is 26.0 Å². The first-order chi connectivity index (χ1) is 12.8. The molecule has 0 aromatic heterocycles. The lowest BCUT2D eigenvalue weighted by Gasteiger charge is -2.45. The van der Waals surface area contributed by atoms with Crippen LogP contribution in [-0.4, -0.2) is 72.7 Å². The van der Waals surface area contributed by atoms with Gasteiger partial charge in [0.15, 0.2) is 5.78 Å². The summed E-state index contributed by atoms with van der Waals surface area (Å²) in [5, 5.41) is 0. The van der Waals surface area contributed by atoms with Gasteiger partial charge in [0.1, 0.15) is 11.6 Å². The normalized spacial score (nSPS) is 24.9. The molecule has 2 fully saturated rings. The minimum Gasteiger partial charge on any atom is -0.450 e. The molecule has 0 aromatic carbocycles. The molecule has 2 aliphatic rings. The highest BCUT2D eigenvalue weighted by molar-refractivity contribution is 6.76. The van der Waals surface area contributed by atoms with Gasteiger partial charge >= 0.3 is 12.2 Å². The monoisotopic (exact) mass is 412 g/mol. The summed E-state index contributed by atoms with van der Waals surface area (Å²) in [6.45, 7) is 14.6. The molecule has 2 amide bonds. The number of Topliss-reactive ketones (excluding diaryl/α,β-unsaturated/α-hetero) is 1. The Morgan fingerprint density at radius 1 is 1.07 bits per heavy atom. The Kier molecular flexibility index (Phi) is 6.84. The van der Waals surface area contributed by atoms with Crippen LogP contribution in [0.15, 0.2) is 0 Å². The maximum Gasteiger partial charge on any atom is 0.410 e. The van der Waals surface area contributed by atoms with Crippen molar-refractivity contribution in [3.63, 3.8) is 0 Å². The zero-order valence-electron chi connectivity index (χ0n) is 18.4. The van der Waals surface area contributed by atoms with E-state index in [1.807, 2.05) is 20.8 Å². The molecular formula is C20H36N2O5Si. The van der Waals surface area contributed by atoms with E-state index >= 15 is 0 Å². The lowest BCUT2D eigenvalue weighted by Crippen LogP contribution is -2.65. The molecule has 7 nitrogen and oxygen atoms in total. The molecule has 0 unspecified atom stereocenters. The third-order valence-corrected chi connectivity index (χ3v) is 6.95. The van der Waals surface area contributed by atoms with Gasteiger partial charge in [0, 0.05) is 21.0 Å². The number of carbonyl (C=O) groups is 3. The molecule has 0 aromatic rings. The first-order valence-corrected chi connectivity index (χ1v) is 14.0. The van der Waals surface area contributed by atoms with E-state index in [9.17, 15) is 14.4 Å². The summed E-state index contributed by atoms with van der Waals surface area (Å²) in [6.07, 6.45) is 0.924. The van der Waals surface area contributed by atoms with Crippen LogP contribution < -0.4 is 0 Å². The van der Waals surface area contributed by atoms with Crippen molar-refractivity contribution in [2.45, 2.75) is 96.4 Å². The zero-order chi connectivity index (χ0) is 21.3. The van der Waals surface area contributed by atoms with E-state index in [2.05, 4.69) is 19.6 Å². The average Bonchev–Trinajstić information content (AvgIpc) is 2.85. The van der Waals surface area contributed by atoms with Crippen LogP contribution in [0.25, 0.3) is 0 Å². The highest BCUT2D eigenvalue weighted by Crippen LogP contribution is 2.36. The molecule has 0 radical (unpaired) electrons. The van der Waals surface area contributed by atoms with Gasteiger partial charge in [-0.2, -0.15) is 0 Å². The largest absolute Gasteiger partial charge is 0.450 e. The maximum absolute atomic E-state index is 12.8. The van der Waals surface area contributed by atoms with E-state index in [1.165, 1.54) is 0 Å². The Hall–Kier alpha value is -1.57. The number of rotatable bonds is 5. The topological polar surface area (TPSA) is 76.2 Å². The summed E-state index contributed by atoms with van der Waals surface area (Å²) in [5.41, 5.74) is -0.603. The van der Waals surface area contributed by atoms with Gasteiger partial charge in [-0.25, -0.2) is 9.59 Å². The predicted octanol–water partition coefficient (Wildman–Crippen LogP) is 3.89. The van der Waals surface area contributed by atoms with Crippen molar-refractivity contribution >= 4 is 26.0 Å². The SMILES string of the molecule is CCC(=O)[C@@H]1[C@@H]2CC[C@H](CN1C(=O)OCC[Si](C)(C)C)N2C(=O)OC(C)(C)C. The van der Waals surface area contributed by atoms with Crippen molar-refractivity contribution < 1.29 is 23.9 Å². The number of likely N-dealkylation sites (tertiary alicyclic amines) is 1. The molecule has 0 saturated carbocycles. The summed E-state index contributed by atoms with van der Waals surface area (Å²) in [7, 11) is -1.31. The molecule has 28 heavy (non-hydrogen) atoms. The summed E-state index contributed by atoms with van der Waals surface area (Å²) in [5.74, 6) is -0.0407. The zero-order valence-corrected chi connectivity index (χ0v) is 19.4. The second-order valence-electron chi connectivity index (χ2n) is 10.0. The van der Waals surface area contributed by atoms with Crippen LogP contribution in [0.5, 0.6) is 0 Å². The number of piperazine rings is 1. The summed E-state index contributed by atoms with van der Waals surface area (Å²) in [4.78, 5) is 41.5. The van der Waals surface area contributed by atoms with Gasteiger partial charge in [-0.3, -0.25) is 14.6 Å². The number of ether oxygens (including phenoxy) is 2. The number of ketones is 1. The van der Waals surface area contributed by atoms with Gasteiger partial charge in [0.05, 0.1) is 18.7 Å². The van der Waals surface area contributed by atoms with Gasteiger partial charge < -0.3 is 9.47 Å². The van der Waals surface area contributed by atoms with E-state index in [1.54, 1.807) is 16.7 Å². The molecule has 2 bridgehead atoms. The average molecular weight is 413 g/mol. The smallest absolute Gasteiger partial charge is 0.410 e. The fourth-order valence-corrected chi connectivity index (χ4v) is 4.58. The van der Waals surface area contributed by atoms with Crippen LogP contribution in [-0.2, 0) is 14.3 Å². The van der Waals surface area contributed by atoms with Crippen molar-refractivity contribution in [1.29, 1.82) is 0 Å². The predicted molar refractivity (Wildman–Crippen MR) is 110 cm³/mol. The van der Waals surface area contributed by atoms with Crippen molar-refractivity contribution in [2.24, 2.45) is 0 Å². The van der Waals surface area contributed by atoms with Gasteiger partial charge in [-0.1, -0.05) is 26.6 Å². The van der Waals surface area contributed by atoms with Crippen LogP contribution in [0.3, 0.4) is 0 Å². The lowest BCUT2D eigenvalue weighted by atomic mass is 9.97. The minimum absolute atomic E-state index is 0.0407. The van der Waals surface area contributed by atoms with Crippen LogP contribution in [0.2, 0.25) is 25.7 Å². The van der Waals surface area contributed by atoms with Gasteiger partial charge in [0.25, 0.3) is 0 Å². The van der Waals surface area contributed by atoms with Crippen molar-refractivity contribution in [3.8, 4) is 0 Å². The molecule has 2 rings (SSSR count). The standard InChI is InChI=1S/C20H36N2O5Si/c1-8-16(23)17-15-10-9-14(22(15)19(25)27-20(2,3)4)13-21(17)18(24)26-11-12-28(5,6)7/h14-15,17H,8-13H2,1-7H3/t14-,15+,17+/m1/s1. The van der Waals surface area contributed by atoms with Gasteiger partial charge in [0.2, 0.25) is 0 Å². The molecule has 0 N–H and O–H groups in total. The van der Waals surface area contributed by atoms with E-state index in [-0.39, 0.29) is 17.9 Å². The van der Waals surface area contributed by atoms with Crippen LogP contribution in [0.4, 0.5) is 9.59 Å². The molecule has 0 spiro atoms. The quantitative estimate of drug-likeness (QED) is 0.640. The molecule has 3 atom stereocenters. The number of amides is 2. The van der Waals surface area contributed by atoms with Crippen LogP contribution >= 0.6 is 0 Å². The molecule has 2 heterocycles. The van der Waals surface area contributed by atoms with E-state index in [0.717, 1.165) is 12.5 Å². The van der Waals surface area contributed by atoms with Gasteiger partial charge in [-0.05, 0) is 39.7 Å². The minimum atomic E-state index is -1.31. The molecule has 2 saturated heterocycles. The van der Waals surface area contributed by atoms with Crippen LogP contribution in [0, 0.1) is 0 Å². The van der Waals surface area contributed by atoms with Gasteiger partial charge in [-0.15, -0.1) is 0 Å². The fraction of sp³-hybridized carbons (Fsp3) is 0.850. The number of carbonyl (C=O) groups excluding carboxylic acids is 3. The molecule has 0 aliphatic carbocycles. The Morgan fingerprint density at radius 2 is 1.71 bits per heavy atom. The Balaban J connectivity index is 2.16. The molecule has 160 valence electrons. The Labute approximate surface area is 169 Å².